The molecule has 2 aromatic rings. The van der Waals surface area contributed by atoms with E-state index in [9.17, 15) is 9.59 Å². The summed E-state index contributed by atoms with van der Waals surface area (Å²) in [6, 6.07) is 0. The van der Waals surface area contributed by atoms with Crippen LogP contribution in [0.4, 0.5) is 0 Å². The van der Waals surface area contributed by atoms with Crippen molar-refractivity contribution in [2.75, 3.05) is 13.1 Å². The van der Waals surface area contributed by atoms with Crippen LogP contribution in [0.1, 0.15) is 23.0 Å². The lowest BCUT2D eigenvalue weighted by atomic mass is 9.86. The summed E-state index contributed by atoms with van der Waals surface area (Å²) in [5.41, 5.74) is 1.15. The largest absolute Gasteiger partial charge is 0.481 e. The molecule has 1 atom stereocenters. The summed E-state index contributed by atoms with van der Waals surface area (Å²) in [4.78, 5) is 33.0. The Balaban J connectivity index is 1.77. The van der Waals surface area contributed by atoms with Gasteiger partial charge >= 0.3 is 5.97 Å². The summed E-state index contributed by atoms with van der Waals surface area (Å²) in [6.07, 6.45) is 2.88. The van der Waals surface area contributed by atoms with Crippen molar-refractivity contribution in [1.82, 2.24) is 24.5 Å². The van der Waals surface area contributed by atoms with Crippen LogP contribution in [0.2, 0.25) is 0 Å². The second-order valence-electron chi connectivity index (χ2n) is 5.33. The lowest BCUT2D eigenvalue weighted by molar-refractivity contribution is -0.144. The number of nitrogens with zero attached hydrogens (tertiary/aromatic N) is 5. The first-order valence-electron chi connectivity index (χ1n) is 6.66. The van der Waals surface area contributed by atoms with Crippen LogP contribution in [0.5, 0.6) is 0 Å². The minimum atomic E-state index is -0.825. The van der Waals surface area contributed by atoms with Crippen LogP contribution < -0.4 is 0 Å². The summed E-state index contributed by atoms with van der Waals surface area (Å²) in [6.45, 7) is 4.37. The summed E-state index contributed by atoms with van der Waals surface area (Å²) >= 11 is 0. The molecule has 8 nitrogen and oxygen atoms in total. The van der Waals surface area contributed by atoms with Gasteiger partial charge in [-0.2, -0.15) is 10.1 Å². The number of aromatic nitrogens is 4. The molecule has 1 fully saturated rings. The van der Waals surface area contributed by atoms with E-state index in [2.05, 4.69) is 15.1 Å². The molecular weight excluding hydrogens is 274 g/mol. The second kappa shape index (κ2) is 4.80. The van der Waals surface area contributed by atoms with E-state index >= 15 is 0 Å². The Kier molecular flexibility index (Phi) is 3.08. The van der Waals surface area contributed by atoms with Crippen molar-refractivity contribution < 1.29 is 14.7 Å². The molecule has 3 heterocycles. The minimum absolute atomic E-state index is 0.00909. The number of carbonyl (C=O) groups excluding carboxylic acids is 1. The average Bonchev–Trinajstić information content (AvgIpc) is 2.86. The van der Waals surface area contributed by atoms with E-state index in [1.807, 2.05) is 0 Å². The Labute approximate surface area is 120 Å². The molecule has 0 bridgehead atoms. The van der Waals surface area contributed by atoms with Crippen LogP contribution in [0.15, 0.2) is 12.5 Å². The lowest BCUT2D eigenvalue weighted by Crippen LogP contribution is -2.53. The van der Waals surface area contributed by atoms with Crippen LogP contribution in [-0.4, -0.2) is 54.6 Å². The van der Waals surface area contributed by atoms with Crippen molar-refractivity contribution in [3.05, 3.63) is 23.8 Å². The van der Waals surface area contributed by atoms with Crippen molar-refractivity contribution in [2.45, 2.75) is 13.8 Å². The first-order chi connectivity index (χ1) is 9.99. The van der Waals surface area contributed by atoms with Crippen LogP contribution in [0, 0.1) is 18.8 Å². The molecule has 1 saturated heterocycles. The van der Waals surface area contributed by atoms with E-state index in [1.54, 1.807) is 18.7 Å². The lowest BCUT2D eigenvalue weighted by Gasteiger charge is -2.41. The monoisotopic (exact) mass is 289 g/mol. The number of rotatable bonds is 3. The number of aryl methyl sites for hydroxylation is 1. The number of fused-ring (bicyclic) bond motifs is 1. The molecule has 1 N–H and O–H groups in total. The molecule has 0 aromatic carbocycles. The van der Waals surface area contributed by atoms with Gasteiger partial charge in [-0.3, -0.25) is 9.59 Å². The first-order valence-corrected chi connectivity index (χ1v) is 6.66. The van der Waals surface area contributed by atoms with Gasteiger partial charge in [0, 0.05) is 25.2 Å². The zero-order valence-corrected chi connectivity index (χ0v) is 11.7. The highest BCUT2D eigenvalue weighted by atomic mass is 16.4. The van der Waals surface area contributed by atoms with Gasteiger partial charge in [0.05, 0.1) is 17.2 Å². The van der Waals surface area contributed by atoms with Crippen LogP contribution >= 0.6 is 0 Å². The first kappa shape index (κ1) is 13.5. The Hall–Kier alpha value is -2.51. The molecule has 1 aliphatic rings. The fourth-order valence-electron chi connectivity index (χ4n) is 2.47. The van der Waals surface area contributed by atoms with Crippen LogP contribution in [0.3, 0.4) is 0 Å². The fraction of sp³-hybridized carbons (Fsp3) is 0.462. The molecule has 110 valence electrons. The molecule has 0 radical (unpaired) electrons. The topological polar surface area (TPSA) is 101 Å². The van der Waals surface area contributed by atoms with Gasteiger partial charge in [-0.05, 0) is 6.92 Å². The maximum atomic E-state index is 12.4. The third-order valence-corrected chi connectivity index (χ3v) is 4.07. The molecule has 1 aliphatic heterocycles. The molecule has 21 heavy (non-hydrogen) atoms. The Bertz CT molecular complexity index is 720. The van der Waals surface area contributed by atoms with Crippen molar-refractivity contribution >= 4 is 17.7 Å². The number of hydrogen-bond acceptors (Lipinski definition) is 5. The van der Waals surface area contributed by atoms with Crippen LogP contribution in [-0.2, 0) is 4.79 Å². The molecule has 0 saturated carbocycles. The summed E-state index contributed by atoms with van der Waals surface area (Å²) < 4.78 is 1.52. The molecule has 0 spiro atoms. The standard InChI is InChI=1S/C13H15N5O3/c1-7(12(20)21)9-4-17(5-9)11(19)10-3-14-13-15-6-16-18(13)8(10)2/h3,6-7,9H,4-5H2,1-2H3,(H,20,21). The highest BCUT2D eigenvalue weighted by Gasteiger charge is 2.38. The summed E-state index contributed by atoms with van der Waals surface area (Å²) in [5.74, 6) is -0.953. The average molecular weight is 289 g/mol. The van der Waals surface area contributed by atoms with Gasteiger partial charge < -0.3 is 10.0 Å². The third-order valence-electron chi connectivity index (χ3n) is 4.07. The van der Waals surface area contributed by atoms with E-state index in [0.717, 1.165) is 0 Å². The van der Waals surface area contributed by atoms with Gasteiger partial charge in [0.15, 0.2) is 0 Å². The van der Waals surface area contributed by atoms with Crippen molar-refractivity contribution in [3.8, 4) is 0 Å². The molecule has 8 heteroatoms. The number of hydrogen-bond donors (Lipinski definition) is 1. The number of likely N-dealkylation sites (tertiary alicyclic amines) is 1. The predicted molar refractivity (Wildman–Crippen MR) is 71.7 cm³/mol. The fourth-order valence-corrected chi connectivity index (χ4v) is 2.47. The zero-order chi connectivity index (χ0) is 15.1. The maximum Gasteiger partial charge on any atom is 0.306 e. The molecule has 2 aromatic heterocycles. The smallest absolute Gasteiger partial charge is 0.306 e. The molecule has 0 aliphatic carbocycles. The minimum Gasteiger partial charge on any atom is -0.481 e. The highest BCUT2D eigenvalue weighted by molar-refractivity contribution is 5.95. The number of carboxylic acid groups (broad SMARTS) is 1. The predicted octanol–water partition coefficient (Wildman–Crippen LogP) is 0.225. The molecule has 3 rings (SSSR count). The Morgan fingerprint density at radius 2 is 2.10 bits per heavy atom. The second-order valence-corrected chi connectivity index (χ2v) is 5.33. The zero-order valence-electron chi connectivity index (χ0n) is 11.7. The van der Waals surface area contributed by atoms with Gasteiger partial charge in [-0.25, -0.2) is 9.50 Å². The van der Waals surface area contributed by atoms with E-state index in [1.165, 1.54) is 17.0 Å². The highest BCUT2D eigenvalue weighted by Crippen LogP contribution is 2.26. The Morgan fingerprint density at radius 1 is 1.38 bits per heavy atom. The SMILES string of the molecule is Cc1c(C(=O)N2CC(C(C)C(=O)O)C2)cnc2ncnn12. The summed E-state index contributed by atoms with van der Waals surface area (Å²) in [7, 11) is 0. The third kappa shape index (κ3) is 2.12. The van der Waals surface area contributed by atoms with Gasteiger partial charge in [0.2, 0.25) is 0 Å². The van der Waals surface area contributed by atoms with Crippen molar-refractivity contribution in [3.63, 3.8) is 0 Å². The van der Waals surface area contributed by atoms with E-state index < -0.39 is 11.9 Å². The quantitative estimate of drug-likeness (QED) is 0.867. The van der Waals surface area contributed by atoms with Crippen LogP contribution in [0.25, 0.3) is 5.78 Å². The summed E-state index contributed by atoms with van der Waals surface area (Å²) in [5, 5.41) is 13.0. The molecular formula is C13H15N5O3. The normalized spacial score (nSPS) is 16.8. The Morgan fingerprint density at radius 3 is 2.76 bits per heavy atom. The number of aliphatic carboxylic acids is 1. The number of carboxylic acids is 1. The van der Waals surface area contributed by atoms with E-state index in [4.69, 9.17) is 5.11 Å². The van der Waals surface area contributed by atoms with Crippen molar-refractivity contribution in [1.29, 1.82) is 0 Å². The van der Waals surface area contributed by atoms with Crippen molar-refractivity contribution in [2.24, 2.45) is 11.8 Å². The van der Waals surface area contributed by atoms with Gasteiger partial charge in [0.1, 0.15) is 6.33 Å². The van der Waals surface area contributed by atoms with E-state index in [0.29, 0.717) is 30.1 Å². The van der Waals surface area contributed by atoms with Gasteiger partial charge in [-0.1, -0.05) is 6.92 Å². The molecule has 1 amide bonds. The maximum absolute atomic E-state index is 12.4. The number of amides is 1. The number of carbonyl (C=O) groups is 2. The van der Waals surface area contributed by atoms with Gasteiger partial charge in [0.25, 0.3) is 11.7 Å². The van der Waals surface area contributed by atoms with E-state index in [-0.39, 0.29) is 11.8 Å². The molecule has 1 unspecified atom stereocenters. The van der Waals surface area contributed by atoms with Gasteiger partial charge in [-0.15, -0.1) is 0 Å².